The first-order valence-electron chi connectivity index (χ1n) is 9.67. The zero-order chi connectivity index (χ0) is 18.2. The first kappa shape index (κ1) is 19.5. The fourth-order valence-electron chi connectivity index (χ4n) is 3.88. The van der Waals surface area contributed by atoms with Crippen molar-refractivity contribution in [1.82, 2.24) is 5.32 Å². The molecular weight excluding hydrogens is 306 g/mol. The van der Waals surface area contributed by atoms with Crippen molar-refractivity contribution in [3.05, 3.63) is 53.7 Å². The van der Waals surface area contributed by atoms with E-state index in [2.05, 4.69) is 56.1 Å². The molecule has 1 aromatic rings. The van der Waals surface area contributed by atoms with Crippen LogP contribution in [0.25, 0.3) is 5.57 Å². The number of hydrogen-bond donors (Lipinski definition) is 1. The van der Waals surface area contributed by atoms with Gasteiger partial charge in [0.1, 0.15) is 0 Å². The number of benzene rings is 1. The van der Waals surface area contributed by atoms with Crippen LogP contribution in [0.3, 0.4) is 0 Å². The number of ketones is 1. The lowest BCUT2D eigenvalue weighted by atomic mass is 9.86. The van der Waals surface area contributed by atoms with Crippen molar-refractivity contribution in [1.29, 1.82) is 0 Å². The SMILES string of the molecule is C=C(CC1CCCCC1)NC(C/C(=C/C)c1ccccc1C)C(C)=O. The standard InChI is InChI=1S/C23H33NO/c1-5-21(22-14-10-9-11-17(22)2)16-23(19(4)25)24-18(3)15-20-12-7-6-8-13-20/h5,9-11,14,20,23-24H,3,6-8,12-13,15-16H2,1-2,4H3/b21-5-. The molecule has 2 heteroatoms. The highest BCUT2D eigenvalue weighted by Gasteiger charge is 2.20. The van der Waals surface area contributed by atoms with E-state index in [1.807, 2.05) is 0 Å². The number of allylic oxidation sites excluding steroid dienone is 2. The Bertz CT molecular complexity index is 623. The number of nitrogens with one attached hydrogen (secondary N) is 1. The lowest BCUT2D eigenvalue weighted by Gasteiger charge is -2.26. The molecule has 25 heavy (non-hydrogen) atoms. The normalized spacial score (nSPS) is 17.2. The number of hydrogen-bond acceptors (Lipinski definition) is 2. The van der Waals surface area contributed by atoms with Crippen LogP contribution >= 0.6 is 0 Å². The second-order valence-electron chi connectivity index (χ2n) is 7.45. The van der Waals surface area contributed by atoms with Crippen LogP contribution < -0.4 is 5.32 Å². The van der Waals surface area contributed by atoms with Gasteiger partial charge in [-0.15, -0.1) is 0 Å². The van der Waals surface area contributed by atoms with Gasteiger partial charge in [-0.25, -0.2) is 0 Å². The minimum Gasteiger partial charge on any atom is -0.379 e. The number of aryl methyl sites for hydroxylation is 1. The van der Waals surface area contributed by atoms with Gasteiger partial charge < -0.3 is 5.32 Å². The first-order chi connectivity index (χ1) is 12.0. The average Bonchev–Trinajstić information content (AvgIpc) is 2.60. The van der Waals surface area contributed by atoms with Crippen molar-refractivity contribution in [3.63, 3.8) is 0 Å². The lowest BCUT2D eigenvalue weighted by Crippen LogP contribution is -2.35. The zero-order valence-corrected chi connectivity index (χ0v) is 16.1. The molecule has 1 fully saturated rings. The van der Waals surface area contributed by atoms with E-state index >= 15 is 0 Å². The summed E-state index contributed by atoms with van der Waals surface area (Å²) in [6.45, 7) is 10.1. The van der Waals surface area contributed by atoms with E-state index in [-0.39, 0.29) is 11.8 Å². The van der Waals surface area contributed by atoms with Crippen molar-refractivity contribution in [3.8, 4) is 0 Å². The van der Waals surface area contributed by atoms with Gasteiger partial charge in [0.2, 0.25) is 0 Å². The Morgan fingerprint density at radius 3 is 2.56 bits per heavy atom. The summed E-state index contributed by atoms with van der Waals surface area (Å²) in [6, 6.07) is 8.18. The third kappa shape index (κ3) is 5.88. The van der Waals surface area contributed by atoms with Crippen LogP contribution in [-0.2, 0) is 4.79 Å². The molecule has 1 aliphatic carbocycles. The fourth-order valence-corrected chi connectivity index (χ4v) is 3.88. The molecule has 1 N–H and O–H groups in total. The molecule has 2 rings (SSSR count). The van der Waals surface area contributed by atoms with E-state index in [0.29, 0.717) is 6.42 Å². The fraction of sp³-hybridized carbons (Fsp3) is 0.522. The highest BCUT2D eigenvalue weighted by atomic mass is 16.1. The molecule has 0 spiro atoms. The topological polar surface area (TPSA) is 29.1 Å². The van der Waals surface area contributed by atoms with E-state index < -0.39 is 0 Å². The van der Waals surface area contributed by atoms with Crippen LogP contribution in [0.2, 0.25) is 0 Å². The second kappa shape index (κ2) is 9.60. The number of carbonyl (C=O) groups excluding carboxylic acids is 1. The largest absolute Gasteiger partial charge is 0.379 e. The van der Waals surface area contributed by atoms with Gasteiger partial charge in [-0.05, 0) is 56.2 Å². The van der Waals surface area contributed by atoms with Gasteiger partial charge in [0.25, 0.3) is 0 Å². The zero-order valence-electron chi connectivity index (χ0n) is 16.1. The van der Waals surface area contributed by atoms with Crippen LogP contribution in [0.4, 0.5) is 0 Å². The van der Waals surface area contributed by atoms with Gasteiger partial charge in [0.15, 0.2) is 5.78 Å². The van der Waals surface area contributed by atoms with Gasteiger partial charge >= 0.3 is 0 Å². The molecule has 1 aliphatic rings. The molecule has 2 nitrogen and oxygen atoms in total. The molecule has 0 aromatic heterocycles. The maximum Gasteiger partial charge on any atom is 0.152 e. The van der Waals surface area contributed by atoms with Crippen molar-refractivity contribution in [2.75, 3.05) is 0 Å². The third-order valence-corrected chi connectivity index (χ3v) is 5.39. The summed E-state index contributed by atoms with van der Waals surface area (Å²) in [4.78, 5) is 12.2. The van der Waals surface area contributed by atoms with Gasteiger partial charge in [-0.3, -0.25) is 4.79 Å². The minimum absolute atomic E-state index is 0.178. The quantitative estimate of drug-likeness (QED) is 0.646. The smallest absolute Gasteiger partial charge is 0.152 e. The summed E-state index contributed by atoms with van der Waals surface area (Å²) in [6.07, 6.45) is 10.5. The third-order valence-electron chi connectivity index (χ3n) is 5.39. The van der Waals surface area contributed by atoms with E-state index in [1.54, 1.807) is 6.92 Å². The summed E-state index contributed by atoms with van der Waals surface area (Å²) >= 11 is 0. The Hall–Kier alpha value is -1.83. The van der Waals surface area contributed by atoms with Crippen molar-refractivity contribution in [2.24, 2.45) is 5.92 Å². The summed E-state index contributed by atoms with van der Waals surface area (Å²) < 4.78 is 0. The molecule has 0 amide bonds. The summed E-state index contributed by atoms with van der Waals surface area (Å²) in [5.74, 6) is 0.914. The van der Waals surface area contributed by atoms with Gasteiger partial charge in [-0.2, -0.15) is 0 Å². The Balaban J connectivity index is 2.01. The predicted molar refractivity (Wildman–Crippen MR) is 107 cm³/mol. The van der Waals surface area contributed by atoms with Gasteiger partial charge in [0, 0.05) is 5.70 Å². The van der Waals surface area contributed by atoms with Crippen LogP contribution in [0.5, 0.6) is 0 Å². The average molecular weight is 340 g/mol. The van der Waals surface area contributed by atoms with Crippen LogP contribution in [0.1, 0.15) is 69.9 Å². The Labute approximate surface area is 153 Å². The van der Waals surface area contributed by atoms with E-state index in [4.69, 9.17) is 0 Å². The monoisotopic (exact) mass is 339 g/mol. The summed E-state index contributed by atoms with van der Waals surface area (Å²) in [5, 5.41) is 3.43. The highest BCUT2D eigenvalue weighted by Crippen LogP contribution is 2.29. The predicted octanol–water partition coefficient (Wildman–Crippen LogP) is 5.82. The highest BCUT2D eigenvalue weighted by molar-refractivity contribution is 5.84. The number of Topliss-reactive ketones (excluding diaryl/α,β-unsaturated/α-hetero) is 1. The van der Waals surface area contributed by atoms with E-state index in [1.165, 1.54) is 48.8 Å². The number of carbonyl (C=O) groups is 1. The maximum absolute atomic E-state index is 12.2. The van der Waals surface area contributed by atoms with Crippen LogP contribution in [0, 0.1) is 12.8 Å². The van der Waals surface area contributed by atoms with Gasteiger partial charge in [-0.1, -0.05) is 69.0 Å². The van der Waals surface area contributed by atoms with E-state index in [9.17, 15) is 4.79 Å². The molecule has 0 radical (unpaired) electrons. The van der Waals surface area contributed by atoms with Crippen LogP contribution in [0.15, 0.2) is 42.6 Å². The Morgan fingerprint density at radius 2 is 1.96 bits per heavy atom. The molecule has 0 saturated heterocycles. The van der Waals surface area contributed by atoms with E-state index in [0.717, 1.165) is 18.0 Å². The molecule has 0 bridgehead atoms. The van der Waals surface area contributed by atoms with Crippen molar-refractivity contribution in [2.45, 2.75) is 71.8 Å². The van der Waals surface area contributed by atoms with Gasteiger partial charge in [0.05, 0.1) is 6.04 Å². The van der Waals surface area contributed by atoms with Crippen molar-refractivity contribution >= 4 is 11.4 Å². The molecule has 1 saturated carbocycles. The second-order valence-corrected chi connectivity index (χ2v) is 7.45. The van der Waals surface area contributed by atoms with Crippen LogP contribution in [-0.4, -0.2) is 11.8 Å². The first-order valence-corrected chi connectivity index (χ1v) is 9.67. The molecular formula is C23H33NO. The molecule has 1 atom stereocenters. The molecule has 0 heterocycles. The minimum atomic E-state index is -0.193. The Morgan fingerprint density at radius 1 is 1.28 bits per heavy atom. The lowest BCUT2D eigenvalue weighted by molar-refractivity contribution is -0.118. The number of rotatable bonds is 8. The molecule has 1 unspecified atom stereocenters. The summed E-state index contributed by atoms with van der Waals surface area (Å²) in [5.41, 5.74) is 4.72. The van der Waals surface area contributed by atoms with Crippen molar-refractivity contribution < 1.29 is 4.79 Å². The summed E-state index contributed by atoms with van der Waals surface area (Å²) in [7, 11) is 0. The maximum atomic E-state index is 12.2. The molecule has 0 aliphatic heterocycles. The molecule has 1 aromatic carbocycles. The molecule has 136 valence electrons. The Kier molecular flexibility index (Phi) is 7.49.